The summed E-state index contributed by atoms with van der Waals surface area (Å²) in [4.78, 5) is 62.6. The molecule has 0 saturated heterocycles. The van der Waals surface area contributed by atoms with Crippen molar-refractivity contribution < 1.29 is 24.3 Å². The van der Waals surface area contributed by atoms with E-state index in [0.29, 0.717) is 12.1 Å². The fourth-order valence-corrected chi connectivity index (χ4v) is 4.93. The minimum Gasteiger partial charge on any atom is -0.480 e. The van der Waals surface area contributed by atoms with Crippen LogP contribution in [0.4, 0.5) is 0 Å². The van der Waals surface area contributed by atoms with E-state index in [1.165, 1.54) is 12.5 Å². The van der Waals surface area contributed by atoms with Crippen molar-refractivity contribution in [1.29, 1.82) is 0 Å². The van der Waals surface area contributed by atoms with E-state index in [9.17, 15) is 24.3 Å². The number of hydrogen-bond acceptors (Lipinski definition) is 6. The lowest BCUT2D eigenvalue weighted by Crippen LogP contribution is -2.58. The Labute approximate surface area is 255 Å². The Bertz CT molecular complexity index is 1550. The molecule has 5 atom stereocenters. The Kier molecular flexibility index (Phi) is 10.9. The molecule has 232 valence electrons. The molecule has 8 N–H and O–H groups in total. The minimum atomic E-state index is -1.28. The van der Waals surface area contributed by atoms with Crippen molar-refractivity contribution in [2.24, 2.45) is 11.7 Å². The Morgan fingerprint density at radius 2 is 1.48 bits per heavy atom. The van der Waals surface area contributed by atoms with Gasteiger partial charge in [0, 0.05) is 48.3 Å². The summed E-state index contributed by atoms with van der Waals surface area (Å²) < 4.78 is 0. The molecule has 0 saturated carbocycles. The van der Waals surface area contributed by atoms with E-state index in [-0.39, 0.29) is 25.2 Å². The maximum absolute atomic E-state index is 13.8. The van der Waals surface area contributed by atoms with Gasteiger partial charge in [-0.3, -0.25) is 14.4 Å². The van der Waals surface area contributed by atoms with Crippen LogP contribution in [0.3, 0.4) is 0 Å². The third kappa shape index (κ3) is 8.32. The van der Waals surface area contributed by atoms with Crippen molar-refractivity contribution >= 4 is 34.6 Å². The smallest absolute Gasteiger partial charge is 0.326 e. The van der Waals surface area contributed by atoms with Gasteiger partial charge < -0.3 is 36.8 Å². The molecule has 0 aliphatic rings. The third-order valence-corrected chi connectivity index (χ3v) is 7.80. The first-order chi connectivity index (χ1) is 21.2. The van der Waals surface area contributed by atoms with Crippen molar-refractivity contribution in [3.63, 3.8) is 0 Å². The summed E-state index contributed by atoms with van der Waals surface area (Å²) in [5, 5.41) is 18.9. The normalized spacial score (nSPS) is 14.6. The topological polar surface area (TPSA) is 195 Å². The van der Waals surface area contributed by atoms with Crippen LogP contribution in [0.15, 0.2) is 73.3 Å². The highest BCUT2D eigenvalue weighted by molar-refractivity contribution is 5.95. The lowest BCUT2D eigenvalue weighted by atomic mass is 9.98. The number of imidazole rings is 1. The number of aliphatic carboxylic acids is 1. The molecule has 0 fully saturated rings. The number of para-hydroxylation sites is 1. The summed E-state index contributed by atoms with van der Waals surface area (Å²) in [5.74, 6) is -3.11. The number of aromatic nitrogens is 3. The Morgan fingerprint density at radius 3 is 2.14 bits per heavy atom. The van der Waals surface area contributed by atoms with Gasteiger partial charge in [-0.25, -0.2) is 9.78 Å². The molecule has 0 aliphatic carbocycles. The number of carboxylic acid groups (broad SMARTS) is 1. The Morgan fingerprint density at radius 1 is 0.841 bits per heavy atom. The number of carboxylic acids is 1. The van der Waals surface area contributed by atoms with E-state index in [2.05, 4.69) is 30.9 Å². The van der Waals surface area contributed by atoms with Gasteiger partial charge in [-0.1, -0.05) is 68.8 Å². The van der Waals surface area contributed by atoms with Crippen LogP contribution in [0.1, 0.15) is 37.1 Å². The number of nitrogens with zero attached hydrogens (tertiary/aromatic N) is 1. The molecule has 0 bridgehead atoms. The number of benzene rings is 2. The lowest BCUT2D eigenvalue weighted by molar-refractivity contribution is -0.142. The van der Waals surface area contributed by atoms with Crippen LogP contribution < -0.4 is 21.7 Å². The average Bonchev–Trinajstić information content (AvgIpc) is 3.69. The van der Waals surface area contributed by atoms with Gasteiger partial charge in [0.05, 0.1) is 12.4 Å². The van der Waals surface area contributed by atoms with Crippen molar-refractivity contribution in [2.45, 2.75) is 63.7 Å². The fraction of sp³-hybridized carbons (Fsp3) is 0.344. The lowest BCUT2D eigenvalue weighted by Gasteiger charge is -2.26. The molecule has 44 heavy (non-hydrogen) atoms. The van der Waals surface area contributed by atoms with E-state index >= 15 is 0 Å². The number of rotatable bonds is 15. The van der Waals surface area contributed by atoms with Gasteiger partial charge in [0.15, 0.2) is 0 Å². The number of amides is 3. The summed E-state index contributed by atoms with van der Waals surface area (Å²) >= 11 is 0. The van der Waals surface area contributed by atoms with E-state index < -0.39 is 47.9 Å². The number of fused-ring (bicyclic) bond motifs is 1. The van der Waals surface area contributed by atoms with Crippen LogP contribution in [0.2, 0.25) is 0 Å². The fourth-order valence-electron chi connectivity index (χ4n) is 4.93. The van der Waals surface area contributed by atoms with Crippen molar-refractivity contribution in [3.05, 3.63) is 90.1 Å². The van der Waals surface area contributed by atoms with Crippen LogP contribution in [-0.2, 0) is 38.4 Å². The molecular formula is C32H39N7O5. The van der Waals surface area contributed by atoms with Crippen molar-refractivity contribution in [2.75, 3.05) is 0 Å². The van der Waals surface area contributed by atoms with Crippen LogP contribution in [0.25, 0.3) is 10.9 Å². The molecule has 12 heteroatoms. The third-order valence-electron chi connectivity index (χ3n) is 7.80. The maximum Gasteiger partial charge on any atom is 0.326 e. The first kappa shape index (κ1) is 32.0. The molecule has 0 spiro atoms. The van der Waals surface area contributed by atoms with E-state index in [0.717, 1.165) is 22.0 Å². The van der Waals surface area contributed by atoms with Crippen LogP contribution in [-0.4, -0.2) is 67.9 Å². The molecule has 5 unspecified atom stereocenters. The van der Waals surface area contributed by atoms with Crippen molar-refractivity contribution in [1.82, 2.24) is 30.9 Å². The quantitative estimate of drug-likeness (QED) is 0.108. The van der Waals surface area contributed by atoms with Gasteiger partial charge in [-0.15, -0.1) is 0 Å². The zero-order valence-electron chi connectivity index (χ0n) is 24.7. The zero-order valence-corrected chi connectivity index (χ0v) is 24.7. The van der Waals surface area contributed by atoms with Gasteiger partial charge in [0.1, 0.15) is 18.1 Å². The number of carbonyl (C=O) groups is 4. The molecule has 2 aromatic heterocycles. The Hall–Kier alpha value is -4.97. The maximum atomic E-state index is 13.8. The second kappa shape index (κ2) is 15.0. The second-order valence-electron chi connectivity index (χ2n) is 11.0. The predicted octanol–water partition coefficient (Wildman–Crippen LogP) is 1.83. The highest BCUT2D eigenvalue weighted by Crippen LogP contribution is 2.19. The molecule has 4 aromatic rings. The van der Waals surface area contributed by atoms with E-state index in [1.54, 1.807) is 6.20 Å². The molecule has 0 radical (unpaired) electrons. The van der Waals surface area contributed by atoms with Crippen LogP contribution >= 0.6 is 0 Å². The number of nitrogens with two attached hydrogens (primary N) is 1. The number of nitrogens with one attached hydrogen (secondary N) is 5. The van der Waals surface area contributed by atoms with Gasteiger partial charge >= 0.3 is 5.97 Å². The molecule has 4 rings (SSSR count). The molecule has 12 nitrogen and oxygen atoms in total. The summed E-state index contributed by atoms with van der Waals surface area (Å²) in [6.45, 7) is 3.79. The van der Waals surface area contributed by atoms with Crippen LogP contribution in [0.5, 0.6) is 0 Å². The molecule has 3 amide bonds. The SMILES string of the molecule is CCC(C)C(N)C(=O)NC(Cc1ccccc1)C(=O)NC(Cc1c[nH]c2ccccc12)C(=O)NC(Cc1cnc[nH]1)C(=O)O. The minimum absolute atomic E-state index is 0.0327. The van der Waals surface area contributed by atoms with Gasteiger partial charge in [0.25, 0.3) is 0 Å². The molecular weight excluding hydrogens is 562 g/mol. The van der Waals surface area contributed by atoms with Gasteiger partial charge in [0.2, 0.25) is 17.7 Å². The number of aromatic amines is 2. The molecule has 2 heterocycles. The summed E-state index contributed by atoms with van der Waals surface area (Å²) in [6.07, 6.45) is 5.53. The number of H-pyrrole nitrogens is 2. The monoisotopic (exact) mass is 601 g/mol. The number of hydrogen-bond donors (Lipinski definition) is 7. The summed E-state index contributed by atoms with van der Waals surface area (Å²) in [7, 11) is 0. The van der Waals surface area contributed by atoms with Crippen molar-refractivity contribution in [3.8, 4) is 0 Å². The first-order valence-corrected chi connectivity index (χ1v) is 14.6. The van der Waals surface area contributed by atoms with Crippen LogP contribution in [0, 0.1) is 5.92 Å². The zero-order chi connectivity index (χ0) is 31.6. The van der Waals surface area contributed by atoms with E-state index in [4.69, 9.17) is 5.73 Å². The second-order valence-corrected chi connectivity index (χ2v) is 11.0. The molecule has 0 aliphatic heterocycles. The standard InChI is InChI=1S/C32H39N7O5/c1-3-19(2)28(33)31(42)38-25(13-20-9-5-4-6-10-20)29(40)37-26(14-21-16-35-24-12-8-7-11-23(21)24)30(41)39-27(32(43)44)15-22-17-34-18-36-22/h4-12,16-19,25-28,35H,3,13-15,33H2,1-2H3,(H,34,36)(H,37,40)(H,38,42)(H,39,41)(H,43,44). The summed E-state index contributed by atoms with van der Waals surface area (Å²) in [6, 6.07) is 12.4. The average molecular weight is 602 g/mol. The predicted molar refractivity (Wildman–Crippen MR) is 165 cm³/mol. The molecule has 2 aromatic carbocycles. The van der Waals surface area contributed by atoms with Gasteiger partial charge in [-0.05, 0) is 23.1 Å². The first-order valence-electron chi connectivity index (χ1n) is 14.6. The largest absolute Gasteiger partial charge is 0.480 e. The Balaban J connectivity index is 1.60. The van der Waals surface area contributed by atoms with E-state index in [1.807, 2.05) is 68.4 Å². The summed E-state index contributed by atoms with van der Waals surface area (Å²) in [5.41, 5.74) is 9.10. The van der Waals surface area contributed by atoms with Gasteiger partial charge in [-0.2, -0.15) is 0 Å². The highest BCUT2D eigenvalue weighted by atomic mass is 16.4. The highest BCUT2D eigenvalue weighted by Gasteiger charge is 2.32. The number of carbonyl (C=O) groups excluding carboxylic acids is 3.